The Balaban J connectivity index is 1.89. The van der Waals surface area contributed by atoms with Gasteiger partial charge < -0.3 is 19.3 Å². The number of para-hydroxylation sites is 1. The number of ether oxygens (including phenoxy) is 3. The Morgan fingerprint density at radius 2 is 1.69 bits per heavy atom. The summed E-state index contributed by atoms with van der Waals surface area (Å²) in [6.45, 7) is 6.16. The molecule has 3 aromatic carbocycles. The van der Waals surface area contributed by atoms with Crippen LogP contribution in [0.15, 0.2) is 78.4 Å². The molecule has 1 N–H and O–H groups in total. The second kappa shape index (κ2) is 10.6. The van der Waals surface area contributed by atoms with E-state index >= 15 is 0 Å². The van der Waals surface area contributed by atoms with Gasteiger partial charge in [-0.2, -0.15) is 0 Å². The van der Waals surface area contributed by atoms with Gasteiger partial charge in [0.2, 0.25) is 0 Å². The average molecular weight is 488 g/mol. The lowest BCUT2D eigenvalue weighted by Gasteiger charge is -2.27. The third kappa shape index (κ3) is 4.77. The molecule has 0 spiro atoms. The monoisotopic (exact) mass is 487 g/mol. The molecule has 0 bridgehead atoms. The maximum atomic E-state index is 13.4. The third-order valence-corrected chi connectivity index (χ3v) is 5.78. The smallest absolute Gasteiger partial charge is 0.300 e. The number of nitrogens with zero attached hydrogens (tertiary/aromatic N) is 1. The Labute approximate surface area is 210 Å². The summed E-state index contributed by atoms with van der Waals surface area (Å²) in [5.74, 6) is -0.132. The first-order valence-electron chi connectivity index (χ1n) is 11.8. The van der Waals surface area contributed by atoms with Crippen molar-refractivity contribution in [1.82, 2.24) is 0 Å². The van der Waals surface area contributed by atoms with Gasteiger partial charge in [-0.1, -0.05) is 30.3 Å². The van der Waals surface area contributed by atoms with E-state index in [1.807, 2.05) is 20.8 Å². The molecule has 36 heavy (non-hydrogen) atoms. The first-order valence-corrected chi connectivity index (χ1v) is 11.8. The van der Waals surface area contributed by atoms with Crippen LogP contribution in [0.4, 0.5) is 5.69 Å². The molecule has 0 saturated carbocycles. The van der Waals surface area contributed by atoms with Crippen molar-refractivity contribution in [2.24, 2.45) is 0 Å². The zero-order valence-corrected chi connectivity index (χ0v) is 20.7. The van der Waals surface area contributed by atoms with Crippen LogP contribution < -0.4 is 19.1 Å². The summed E-state index contributed by atoms with van der Waals surface area (Å²) in [4.78, 5) is 28.2. The zero-order valence-electron chi connectivity index (χ0n) is 20.7. The van der Waals surface area contributed by atoms with Crippen molar-refractivity contribution < 1.29 is 28.9 Å². The van der Waals surface area contributed by atoms with Gasteiger partial charge in [0.15, 0.2) is 0 Å². The summed E-state index contributed by atoms with van der Waals surface area (Å²) in [6.07, 6.45) is -0.00823. The lowest BCUT2D eigenvalue weighted by molar-refractivity contribution is -0.132. The number of rotatable bonds is 8. The van der Waals surface area contributed by atoms with Crippen molar-refractivity contribution in [3.05, 3.63) is 89.5 Å². The molecular weight excluding hydrogens is 458 g/mol. The highest BCUT2D eigenvalue weighted by Gasteiger charge is 2.48. The molecule has 0 aliphatic carbocycles. The number of carbonyl (C=O) groups excluding carboxylic acids is 2. The predicted octanol–water partition coefficient (Wildman–Crippen LogP) is 5.51. The fourth-order valence-electron chi connectivity index (χ4n) is 4.30. The number of carbonyl (C=O) groups is 2. The molecule has 1 saturated heterocycles. The number of hydrogen-bond donors (Lipinski definition) is 1. The van der Waals surface area contributed by atoms with E-state index < -0.39 is 17.7 Å². The third-order valence-electron chi connectivity index (χ3n) is 5.78. The molecule has 3 aromatic rings. The Kier molecular flexibility index (Phi) is 7.29. The molecule has 1 aliphatic heterocycles. The number of methoxy groups -OCH3 is 1. The van der Waals surface area contributed by atoms with Gasteiger partial charge in [0.1, 0.15) is 23.0 Å². The zero-order chi connectivity index (χ0) is 25.8. The van der Waals surface area contributed by atoms with Crippen molar-refractivity contribution in [2.45, 2.75) is 32.9 Å². The lowest BCUT2D eigenvalue weighted by Crippen LogP contribution is -2.29. The number of aliphatic hydroxyl groups is 1. The van der Waals surface area contributed by atoms with Crippen molar-refractivity contribution in [2.75, 3.05) is 18.6 Å². The van der Waals surface area contributed by atoms with Crippen LogP contribution in [-0.4, -0.2) is 36.6 Å². The van der Waals surface area contributed by atoms with Crippen molar-refractivity contribution >= 4 is 23.1 Å². The number of aliphatic hydroxyl groups excluding tert-OH is 1. The number of ketones is 1. The number of amides is 1. The summed E-state index contributed by atoms with van der Waals surface area (Å²) < 4.78 is 16.8. The molecule has 186 valence electrons. The topological polar surface area (TPSA) is 85.3 Å². The number of Topliss-reactive ketones (excluding diaryl/α,β-unsaturated/α-hetero) is 1. The molecule has 4 rings (SSSR count). The molecule has 0 aromatic heterocycles. The number of hydrogen-bond acceptors (Lipinski definition) is 6. The standard InChI is InChI=1S/C29H29NO6/c1-5-35-22-10-8-9-19(17-22)27(31)25-26(23-11-6-7-12-24(23)34-4)30(29(33)28(25)32)20-13-15-21(16-14-20)36-18(2)3/h6-18,26,31H,5H2,1-4H3/b27-25-. The highest BCUT2D eigenvalue weighted by atomic mass is 16.5. The van der Waals surface area contributed by atoms with Gasteiger partial charge in [-0.25, -0.2) is 0 Å². The highest BCUT2D eigenvalue weighted by molar-refractivity contribution is 6.51. The molecular formula is C29H29NO6. The van der Waals surface area contributed by atoms with Gasteiger partial charge in [-0.05, 0) is 63.2 Å². The molecule has 1 aliphatic rings. The van der Waals surface area contributed by atoms with E-state index in [9.17, 15) is 14.7 Å². The van der Waals surface area contributed by atoms with Crippen LogP contribution in [0.5, 0.6) is 17.2 Å². The average Bonchev–Trinajstić information content (AvgIpc) is 3.14. The molecule has 1 unspecified atom stereocenters. The summed E-state index contributed by atoms with van der Waals surface area (Å²) in [7, 11) is 1.52. The first-order chi connectivity index (χ1) is 17.3. The van der Waals surface area contributed by atoms with Crippen LogP contribution >= 0.6 is 0 Å². The Bertz CT molecular complexity index is 1300. The van der Waals surface area contributed by atoms with Crippen molar-refractivity contribution in [3.63, 3.8) is 0 Å². The van der Waals surface area contributed by atoms with Crippen LogP contribution in [0.25, 0.3) is 5.76 Å². The second-order valence-electron chi connectivity index (χ2n) is 8.53. The van der Waals surface area contributed by atoms with Crippen LogP contribution in [0.2, 0.25) is 0 Å². The van der Waals surface area contributed by atoms with E-state index in [0.717, 1.165) is 0 Å². The predicted molar refractivity (Wildman–Crippen MR) is 138 cm³/mol. The maximum absolute atomic E-state index is 13.4. The normalized spacial score (nSPS) is 16.9. The van der Waals surface area contributed by atoms with Gasteiger partial charge in [0.25, 0.3) is 11.7 Å². The van der Waals surface area contributed by atoms with E-state index in [4.69, 9.17) is 14.2 Å². The molecule has 7 nitrogen and oxygen atoms in total. The van der Waals surface area contributed by atoms with Crippen LogP contribution in [0, 0.1) is 0 Å². The summed E-state index contributed by atoms with van der Waals surface area (Å²) in [6, 6.07) is 20.0. The van der Waals surface area contributed by atoms with Gasteiger partial charge in [-0.3, -0.25) is 14.5 Å². The fourth-order valence-corrected chi connectivity index (χ4v) is 4.30. The van der Waals surface area contributed by atoms with Gasteiger partial charge in [0.05, 0.1) is 31.4 Å². The largest absolute Gasteiger partial charge is 0.507 e. The maximum Gasteiger partial charge on any atom is 0.300 e. The summed E-state index contributed by atoms with van der Waals surface area (Å²) in [5, 5.41) is 11.4. The molecule has 1 atom stereocenters. The number of anilines is 1. The Morgan fingerprint density at radius 3 is 2.36 bits per heavy atom. The van der Waals surface area contributed by atoms with Gasteiger partial charge in [0, 0.05) is 16.8 Å². The molecule has 7 heteroatoms. The van der Waals surface area contributed by atoms with E-state index in [1.54, 1.807) is 72.8 Å². The molecule has 1 amide bonds. The minimum atomic E-state index is -0.909. The SMILES string of the molecule is CCOc1cccc(/C(O)=C2/C(=O)C(=O)N(c3ccc(OC(C)C)cc3)C2c2ccccc2OC)c1. The lowest BCUT2D eigenvalue weighted by atomic mass is 9.94. The van der Waals surface area contributed by atoms with Crippen LogP contribution in [0.1, 0.15) is 37.9 Å². The van der Waals surface area contributed by atoms with E-state index in [1.165, 1.54) is 12.0 Å². The van der Waals surface area contributed by atoms with Crippen molar-refractivity contribution in [1.29, 1.82) is 0 Å². The number of benzene rings is 3. The van der Waals surface area contributed by atoms with Gasteiger partial charge in [-0.15, -0.1) is 0 Å². The van der Waals surface area contributed by atoms with E-state index in [-0.39, 0.29) is 17.4 Å². The van der Waals surface area contributed by atoms with E-state index in [2.05, 4.69) is 0 Å². The minimum absolute atomic E-state index is 0.00823. The van der Waals surface area contributed by atoms with Gasteiger partial charge >= 0.3 is 0 Å². The van der Waals surface area contributed by atoms with Crippen molar-refractivity contribution in [3.8, 4) is 17.2 Å². The van der Waals surface area contributed by atoms with E-state index in [0.29, 0.717) is 40.7 Å². The quantitative estimate of drug-likeness (QED) is 0.256. The van der Waals surface area contributed by atoms with Crippen LogP contribution in [-0.2, 0) is 9.59 Å². The molecule has 1 heterocycles. The molecule has 0 radical (unpaired) electrons. The second-order valence-corrected chi connectivity index (χ2v) is 8.53. The first kappa shape index (κ1) is 24.9. The highest BCUT2D eigenvalue weighted by Crippen LogP contribution is 2.45. The Hall–Kier alpha value is -4.26. The summed E-state index contributed by atoms with van der Waals surface area (Å²) >= 11 is 0. The van der Waals surface area contributed by atoms with Crippen LogP contribution in [0.3, 0.4) is 0 Å². The summed E-state index contributed by atoms with van der Waals surface area (Å²) in [5.41, 5.74) is 1.41. The minimum Gasteiger partial charge on any atom is -0.507 e. The molecule has 1 fully saturated rings. The Morgan fingerprint density at radius 1 is 0.972 bits per heavy atom. The fraction of sp³-hybridized carbons (Fsp3) is 0.241.